The van der Waals surface area contributed by atoms with Crippen LogP contribution in [0.3, 0.4) is 0 Å². The number of amides is 1. The summed E-state index contributed by atoms with van der Waals surface area (Å²) in [5.41, 5.74) is 5.07. The van der Waals surface area contributed by atoms with E-state index in [2.05, 4.69) is 5.32 Å². The predicted octanol–water partition coefficient (Wildman–Crippen LogP) is 4.01. The quantitative estimate of drug-likeness (QED) is 0.533. The molecule has 0 radical (unpaired) electrons. The van der Waals surface area contributed by atoms with Gasteiger partial charge < -0.3 is 19.9 Å². The van der Waals surface area contributed by atoms with Gasteiger partial charge in [0, 0.05) is 12.3 Å². The first kappa shape index (κ1) is 22.1. The number of benzene rings is 3. The van der Waals surface area contributed by atoms with Gasteiger partial charge in [-0.1, -0.05) is 60.7 Å². The highest BCUT2D eigenvalue weighted by molar-refractivity contribution is 5.88. The monoisotopic (exact) mass is 445 g/mol. The van der Waals surface area contributed by atoms with Crippen molar-refractivity contribution in [2.45, 2.75) is 18.4 Å². The summed E-state index contributed by atoms with van der Waals surface area (Å²) in [5, 5.41) is 11.7. The van der Waals surface area contributed by atoms with Crippen LogP contribution in [0, 0.1) is 0 Å². The third-order valence-electron chi connectivity index (χ3n) is 5.74. The Morgan fingerprint density at radius 2 is 1.58 bits per heavy atom. The molecule has 1 aliphatic carbocycles. The second kappa shape index (κ2) is 9.56. The minimum Gasteiger partial charge on any atom is -0.478 e. The SMILES string of the molecule is COC(=O)C(Cc1cccc(C(=O)O)c1)NC(=O)OCC1c2ccccc2-c2ccccc21. The summed E-state index contributed by atoms with van der Waals surface area (Å²) in [5.74, 6) is -1.83. The fraction of sp³-hybridized carbons (Fsp3) is 0.192. The molecule has 33 heavy (non-hydrogen) atoms. The van der Waals surface area contributed by atoms with Crippen LogP contribution in [-0.4, -0.2) is 42.9 Å². The van der Waals surface area contributed by atoms with Gasteiger partial charge in [0.25, 0.3) is 0 Å². The van der Waals surface area contributed by atoms with Crippen molar-refractivity contribution in [2.75, 3.05) is 13.7 Å². The number of nitrogens with one attached hydrogen (secondary N) is 1. The summed E-state index contributed by atoms with van der Waals surface area (Å²) in [6.45, 7) is 0.113. The van der Waals surface area contributed by atoms with Crippen LogP contribution in [0.25, 0.3) is 11.1 Å². The molecular weight excluding hydrogens is 422 g/mol. The Kier molecular flexibility index (Phi) is 6.40. The number of ether oxygens (including phenoxy) is 2. The highest BCUT2D eigenvalue weighted by atomic mass is 16.6. The van der Waals surface area contributed by atoms with E-state index in [-0.39, 0.29) is 24.5 Å². The smallest absolute Gasteiger partial charge is 0.407 e. The van der Waals surface area contributed by atoms with Gasteiger partial charge >= 0.3 is 18.0 Å². The van der Waals surface area contributed by atoms with E-state index in [9.17, 15) is 19.5 Å². The minimum atomic E-state index is -1.07. The summed E-state index contributed by atoms with van der Waals surface area (Å²) in [4.78, 5) is 36.0. The van der Waals surface area contributed by atoms with Crippen LogP contribution in [0.5, 0.6) is 0 Å². The Morgan fingerprint density at radius 3 is 2.18 bits per heavy atom. The second-order valence-corrected chi connectivity index (χ2v) is 7.76. The summed E-state index contributed by atoms with van der Waals surface area (Å²) >= 11 is 0. The lowest BCUT2D eigenvalue weighted by molar-refractivity contribution is -0.143. The zero-order valence-electron chi connectivity index (χ0n) is 18.0. The molecule has 0 heterocycles. The standard InChI is InChI=1S/C26H23NO6/c1-32-25(30)23(14-16-7-6-8-17(13-16)24(28)29)27-26(31)33-15-22-20-11-4-2-9-18(20)19-10-3-5-12-21(19)22/h2-13,22-23H,14-15H2,1H3,(H,27,31)(H,28,29). The number of aromatic carboxylic acids is 1. The molecule has 1 unspecified atom stereocenters. The predicted molar refractivity (Wildman–Crippen MR) is 121 cm³/mol. The van der Waals surface area contributed by atoms with E-state index in [0.717, 1.165) is 22.3 Å². The number of carboxylic acids is 1. The van der Waals surface area contributed by atoms with E-state index in [0.29, 0.717) is 5.56 Å². The molecule has 0 saturated carbocycles. The number of carboxylic acid groups (broad SMARTS) is 1. The molecule has 7 nitrogen and oxygen atoms in total. The Morgan fingerprint density at radius 1 is 0.939 bits per heavy atom. The van der Waals surface area contributed by atoms with E-state index in [1.165, 1.54) is 19.2 Å². The van der Waals surface area contributed by atoms with Gasteiger partial charge in [0.2, 0.25) is 0 Å². The second-order valence-electron chi connectivity index (χ2n) is 7.76. The van der Waals surface area contributed by atoms with Gasteiger partial charge in [-0.2, -0.15) is 0 Å². The fourth-order valence-corrected chi connectivity index (χ4v) is 4.18. The van der Waals surface area contributed by atoms with Crippen LogP contribution < -0.4 is 5.32 Å². The largest absolute Gasteiger partial charge is 0.478 e. The molecular formula is C26H23NO6. The number of rotatable bonds is 7. The van der Waals surface area contributed by atoms with Crippen LogP contribution in [0.2, 0.25) is 0 Å². The number of alkyl carbamates (subject to hydrolysis) is 1. The molecule has 0 aliphatic heterocycles. The van der Waals surface area contributed by atoms with E-state index in [1.54, 1.807) is 12.1 Å². The molecule has 168 valence electrons. The fourth-order valence-electron chi connectivity index (χ4n) is 4.18. The van der Waals surface area contributed by atoms with Crippen molar-refractivity contribution < 1.29 is 29.0 Å². The molecule has 4 rings (SSSR count). The van der Waals surface area contributed by atoms with Crippen molar-refractivity contribution >= 4 is 18.0 Å². The van der Waals surface area contributed by atoms with Crippen LogP contribution in [0.4, 0.5) is 4.79 Å². The van der Waals surface area contributed by atoms with Gasteiger partial charge in [-0.25, -0.2) is 14.4 Å². The van der Waals surface area contributed by atoms with Crippen LogP contribution in [-0.2, 0) is 20.7 Å². The molecule has 0 bridgehead atoms. The Balaban J connectivity index is 1.45. The highest BCUT2D eigenvalue weighted by Gasteiger charge is 2.30. The molecule has 1 amide bonds. The summed E-state index contributed by atoms with van der Waals surface area (Å²) in [7, 11) is 1.22. The number of methoxy groups -OCH3 is 1. The first-order chi connectivity index (χ1) is 16.0. The van der Waals surface area contributed by atoms with Gasteiger partial charge in [-0.15, -0.1) is 0 Å². The number of esters is 1. The lowest BCUT2D eigenvalue weighted by atomic mass is 9.98. The van der Waals surface area contributed by atoms with Gasteiger partial charge in [0.1, 0.15) is 12.6 Å². The normalized spacial score (nSPS) is 12.9. The number of hydrogen-bond acceptors (Lipinski definition) is 5. The molecule has 0 aromatic heterocycles. The van der Waals surface area contributed by atoms with Crippen molar-refractivity contribution in [1.82, 2.24) is 5.32 Å². The molecule has 0 fully saturated rings. The lowest BCUT2D eigenvalue weighted by Gasteiger charge is -2.18. The Bertz CT molecular complexity index is 1160. The maximum absolute atomic E-state index is 12.6. The molecule has 0 saturated heterocycles. The zero-order valence-corrected chi connectivity index (χ0v) is 18.0. The van der Waals surface area contributed by atoms with Gasteiger partial charge in [0.05, 0.1) is 12.7 Å². The number of carbonyl (C=O) groups excluding carboxylic acids is 2. The average molecular weight is 445 g/mol. The van der Waals surface area contributed by atoms with E-state index in [4.69, 9.17) is 9.47 Å². The third-order valence-corrected chi connectivity index (χ3v) is 5.74. The summed E-state index contributed by atoms with van der Waals surface area (Å²) < 4.78 is 10.3. The van der Waals surface area contributed by atoms with Crippen molar-refractivity contribution in [3.05, 3.63) is 95.1 Å². The molecule has 3 aromatic rings. The summed E-state index contributed by atoms with van der Waals surface area (Å²) in [6, 6.07) is 21.2. The first-order valence-electron chi connectivity index (χ1n) is 10.5. The van der Waals surface area contributed by atoms with Crippen molar-refractivity contribution in [3.8, 4) is 11.1 Å². The topological polar surface area (TPSA) is 102 Å². The molecule has 1 atom stereocenters. The average Bonchev–Trinajstić information content (AvgIpc) is 3.15. The van der Waals surface area contributed by atoms with E-state index < -0.39 is 24.1 Å². The number of hydrogen-bond donors (Lipinski definition) is 2. The lowest BCUT2D eigenvalue weighted by Crippen LogP contribution is -2.43. The Labute approximate surface area is 191 Å². The van der Waals surface area contributed by atoms with Gasteiger partial charge in [-0.3, -0.25) is 0 Å². The van der Waals surface area contributed by atoms with Crippen LogP contribution >= 0.6 is 0 Å². The Hall–Kier alpha value is -4.13. The molecule has 0 spiro atoms. The zero-order chi connectivity index (χ0) is 23.4. The number of carbonyl (C=O) groups is 3. The van der Waals surface area contributed by atoms with E-state index >= 15 is 0 Å². The first-order valence-corrected chi connectivity index (χ1v) is 10.5. The van der Waals surface area contributed by atoms with Crippen molar-refractivity contribution in [1.29, 1.82) is 0 Å². The maximum atomic E-state index is 12.6. The summed E-state index contributed by atoms with van der Waals surface area (Å²) in [6.07, 6.45) is -0.681. The molecule has 3 aromatic carbocycles. The number of fused-ring (bicyclic) bond motifs is 3. The highest BCUT2D eigenvalue weighted by Crippen LogP contribution is 2.44. The third kappa shape index (κ3) is 4.72. The van der Waals surface area contributed by atoms with Gasteiger partial charge in [0.15, 0.2) is 0 Å². The van der Waals surface area contributed by atoms with Crippen LogP contribution in [0.1, 0.15) is 33.0 Å². The van der Waals surface area contributed by atoms with Crippen molar-refractivity contribution in [3.63, 3.8) is 0 Å². The van der Waals surface area contributed by atoms with Gasteiger partial charge in [-0.05, 0) is 39.9 Å². The molecule has 1 aliphatic rings. The van der Waals surface area contributed by atoms with Crippen LogP contribution in [0.15, 0.2) is 72.8 Å². The minimum absolute atomic E-state index is 0.0674. The molecule has 2 N–H and O–H groups in total. The van der Waals surface area contributed by atoms with Crippen molar-refractivity contribution in [2.24, 2.45) is 0 Å². The molecule has 7 heteroatoms. The maximum Gasteiger partial charge on any atom is 0.407 e. The van der Waals surface area contributed by atoms with E-state index in [1.807, 2.05) is 48.5 Å².